The van der Waals surface area contributed by atoms with E-state index in [1.165, 1.54) is 11.3 Å². The topological polar surface area (TPSA) is 50.9 Å². The lowest BCUT2D eigenvalue weighted by Crippen LogP contribution is -2.38. The highest BCUT2D eigenvalue weighted by Crippen LogP contribution is 2.10. The number of alkyl halides is 2. The Labute approximate surface area is 79.0 Å². The number of nitrogens with two attached hydrogens (primary N) is 1. The van der Waals surface area contributed by atoms with Gasteiger partial charge in [-0.2, -0.15) is 0 Å². The summed E-state index contributed by atoms with van der Waals surface area (Å²) in [7, 11) is 0. The van der Waals surface area contributed by atoms with Gasteiger partial charge in [-0.05, 0) is 0 Å². The van der Waals surface area contributed by atoms with Crippen molar-refractivity contribution in [3.8, 4) is 0 Å². The molecule has 0 aromatic carbocycles. The summed E-state index contributed by atoms with van der Waals surface area (Å²) >= 11 is 1.43. The van der Waals surface area contributed by atoms with Crippen molar-refractivity contribution in [1.82, 2.24) is 10.3 Å². The predicted octanol–water partition coefficient (Wildman–Crippen LogP) is 0.827. The van der Waals surface area contributed by atoms with Crippen LogP contribution in [0.3, 0.4) is 0 Å². The van der Waals surface area contributed by atoms with E-state index in [0.717, 1.165) is 4.88 Å². The van der Waals surface area contributed by atoms with E-state index in [-0.39, 0.29) is 6.54 Å². The van der Waals surface area contributed by atoms with E-state index >= 15 is 0 Å². The zero-order valence-corrected chi connectivity index (χ0v) is 7.78. The Balaban J connectivity index is 2.21. The van der Waals surface area contributed by atoms with Crippen LogP contribution >= 0.6 is 11.3 Å². The minimum Gasteiger partial charge on any atom is -0.325 e. The molecule has 13 heavy (non-hydrogen) atoms. The van der Waals surface area contributed by atoms with Gasteiger partial charge in [0.15, 0.2) is 0 Å². The van der Waals surface area contributed by atoms with Gasteiger partial charge in [-0.1, -0.05) is 0 Å². The standard InChI is InChI=1S/C7H11F2N3S/c8-7(9,3-10)4-11-1-6-2-12-5-13-6/h2,5,11H,1,3-4,10H2. The van der Waals surface area contributed by atoms with Gasteiger partial charge < -0.3 is 11.1 Å². The average Bonchev–Trinajstić information content (AvgIpc) is 2.57. The molecular weight excluding hydrogens is 196 g/mol. The molecule has 0 saturated carbocycles. The third-order valence-electron chi connectivity index (χ3n) is 1.46. The second-order valence-electron chi connectivity index (χ2n) is 2.63. The third kappa shape index (κ3) is 3.75. The van der Waals surface area contributed by atoms with Crippen molar-refractivity contribution in [2.75, 3.05) is 13.1 Å². The highest BCUT2D eigenvalue weighted by Gasteiger charge is 2.25. The Hall–Kier alpha value is -0.590. The van der Waals surface area contributed by atoms with Crippen molar-refractivity contribution < 1.29 is 8.78 Å². The Kier molecular flexibility index (Phi) is 3.71. The van der Waals surface area contributed by atoms with Crippen molar-refractivity contribution in [3.05, 3.63) is 16.6 Å². The van der Waals surface area contributed by atoms with Crippen molar-refractivity contribution in [1.29, 1.82) is 0 Å². The normalized spacial score (nSPS) is 11.9. The summed E-state index contributed by atoms with van der Waals surface area (Å²) in [6.07, 6.45) is 1.65. The van der Waals surface area contributed by atoms with Gasteiger partial charge in [0.1, 0.15) is 0 Å². The molecule has 3 nitrogen and oxygen atoms in total. The van der Waals surface area contributed by atoms with Crippen LogP contribution in [0.4, 0.5) is 8.78 Å². The lowest BCUT2D eigenvalue weighted by molar-refractivity contribution is 0.0116. The van der Waals surface area contributed by atoms with Crippen molar-refractivity contribution >= 4 is 11.3 Å². The van der Waals surface area contributed by atoms with E-state index in [1.54, 1.807) is 11.7 Å². The van der Waals surface area contributed by atoms with Crippen molar-refractivity contribution in [2.45, 2.75) is 12.5 Å². The lowest BCUT2D eigenvalue weighted by atomic mass is 10.3. The number of halogens is 2. The van der Waals surface area contributed by atoms with Crippen LogP contribution < -0.4 is 11.1 Å². The molecule has 0 atom stereocenters. The molecule has 0 aliphatic rings. The second-order valence-corrected chi connectivity index (χ2v) is 3.60. The van der Waals surface area contributed by atoms with Crippen LogP contribution in [0, 0.1) is 0 Å². The molecule has 0 aliphatic heterocycles. The first kappa shape index (κ1) is 10.5. The molecule has 1 heterocycles. The molecule has 0 unspecified atom stereocenters. The Morgan fingerprint density at radius 3 is 2.92 bits per heavy atom. The summed E-state index contributed by atoms with van der Waals surface area (Å²) in [6.45, 7) is -0.593. The molecule has 1 aromatic heterocycles. The molecule has 0 fully saturated rings. The maximum absolute atomic E-state index is 12.6. The van der Waals surface area contributed by atoms with Gasteiger partial charge in [0.2, 0.25) is 0 Å². The maximum atomic E-state index is 12.6. The molecule has 0 amide bonds. The minimum absolute atomic E-state index is 0.388. The highest BCUT2D eigenvalue weighted by molar-refractivity contribution is 7.09. The quantitative estimate of drug-likeness (QED) is 0.751. The Morgan fingerprint density at radius 1 is 1.62 bits per heavy atom. The molecule has 0 bridgehead atoms. The van der Waals surface area contributed by atoms with Crippen LogP contribution in [0.5, 0.6) is 0 Å². The molecule has 74 valence electrons. The molecule has 3 N–H and O–H groups in total. The van der Waals surface area contributed by atoms with Gasteiger partial charge in [-0.25, -0.2) is 8.78 Å². The summed E-state index contributed by atoms with van der Waals surface area (Å²) < 4.78 is 25.2. The number of hydrogen-bond acceptors (Lipinski definition) is 4. The van der Waals surface area contributed by atoms with Gasteiger partial charge in [0, 0.05) is 17.6 Å². The van der Waals surface area contributed by atoms with Crippen molar-refractivity contribution in [3.63, 3.8) is 0 Å². The molecule has 6 heteroatoms. The summed E-state index contributed by atoms with van der Waals surface area (Å²) in [5.74, 6) is -2.81. The second kappa shape index (κ2) is 4.59. The Bertz CT molecular complexity index is 238. The zero-order chi connectivity index (χ0) is 9.73. The number of rotatable bonds is 5. The molecule has 0 aliphatic carbocycles. The van der Waals surface area contributed by atoms with E-state index in [4.69, 9.17) is 5.73 Å². The summed E-state index contributed by atoms with van der Waals surface area (Å²) in [5, 5.41) is 2.62. The van der Waals surface area contributed by atoms with Gasteiger partial charge >= 0.3 is 0 Å². The molecular formula is C7H11F2N3S. The fraction of sp³-hybridized carbons (Fsp3) is 0.571. The number of hydrogen-bond donors (Lipinski definition) is 2. The van der Waals surface area contributed by atoms with Crippen LogP contribution in [-0.4, -0.2) is 24.0 Å². The smallest absolute Gasteiger partial charge is 0.272 e. The first-order valence-corrected chi connectivity index (χ1v) is 4.68. The van der Waals surface area contributed by atoms with Gasteiger partial charge in [0.25, 0.3) is 5.92 Å². The number of aromatic nitrogens is 1. The maximum Gasteiger partial charge on any atom is 0.272 e. The fourth-order valence-electron chi connectivity index (χ4n) is 0.770. The summed E-state index contributed by atoms with van der Waals surface area (Å²) in [5.41, 5.74) is 6.53. The molecule has 0 saturated heterocycles. The molecule has 0 spiro atoms. The number of nitrogens with one attached hydrogen (secondary N) is 1. The van der Waals surface area contributed by atoms with Gasteiger partial charge in [-0.3, -0.25) is 4.98 Å². The molecule has 1 aromatic rings. The lowest BCUT2D eigenvalue weighted by Gasteiger charge is -2.13. The third-order valence-corrected chi connectivity index (χ3v) is 2.24. The molecule has 0 radical (unpaired) electrons. The first-order valence-electron chi connectivity index (χ1n) is 3.80. The van der Waals surface area contributed by atoms with Crippen LogP contribution in [-0.2, 0) is 6.54 Å². The Morgan fingerprint density at radius 2 is 2.38 bits per heavy atom. The first-order chi connectivity index (χ1) is 6.14. The zero-order valence-electron chi connectivity index (χ0n) is 6.96. The van der Waals surface area contributed by atoms with Crippen LogP contribution in [0.25, 0.3) is 0 Å². The van der Waals surface area contributed by atoms with E-state index in [1.807, 2.05) is 0 Å². The monoisotopic (exact) mass is 207 g/mol. The van der Waals surface area contributed by atoms with Gasteiger partial charge in [0.05, 0.1) is 18.6 Å². The summed E-state index contributed by atoms with van der Waals surface area (Å²) in [4.78, 5) is 4.76. The van der Waals surface area contributed by atoms with Crippen molar-refractivity contribution in [2.24, 2.45) is 5.73 Å². The largest absolute Gasteiger partial charge is 0.325 e. The minimum atomic E-state index is -2.81. The van der Waals surface area contributed by atoms with E-state index in [9.17, 15) is 8.78 Å². The average molecular weight is 207 g/mol. The van der Waals surface area contributed by atoms with E-state index in [0.29, 0.717) is 6.54 Å². The highest BCUT2D eigenvalue weighted by atomic mass is 32.1. The fourth-order valence-corrected chi connectivity index (χ4v) is 1.33. The van der Waals surface area contributed by atoms with Crippen LogP contribution in [0.1, 0.15) is 4.88 Å². The number of nitrogens with zero attached hydrogens (tertiary/aromatic N) is 1. The van der Waals surface area contributed by atoms with Crippen LogP contribution in [0.2, 0.25) is 0 Å². The van der Waals surface area contributed by atoms with Crippen LogP contribution in [0.15, 0.2) is 11.7 Å². The van der Waals surface area contributed by atoms with E-state index < -0.39 is 12.5 Å². The van der Waals surface area contributed by atoms with E-state index in [2.05, 4.69) is 10.3 Å². The predicted molar refractivity (Wildman–Crippen MR) is 47.8 cm³/mol. The SMILES string of the molecule is NCC(F)(F)CNCc1cncs1. The van der Waals surface area contributed by atoms with Gasteiger partial charge in [-0.15, -0.1) is 11.3 Å². The molecule has 1 rings (SSSR count). The number of thiazole rings is 1. The summed E-state index contributed by atoms with van der Waals surface area (Å²) in [6, 6.07) is 0.